The summed E-state index contributed by atoms with van der Waals surface area (Å²) in [5.41, 5.74) is 1.93. The second kappa shape index (κ2) is 12.0. The van der Waals surface area contributed by atoms with Crippen LogP contribution >= 0.6 is 23.8 Å². The van der Waals surface area contributed by atoms with Crippen molar-refractivity contribution in [2.24, 2.45) is 0 Å². The molecule has 3 N–H and O–H groups in total. The molecule has 0 unspecified atom stereocenters. The van der Waals surface area contributed by atoms with Gasteiger partial charge in [-0.2, -0.15) is 0 Å². The van der Waals surface area contributed by atoms with Gasteiger partial charge in [-0.05, 0) is 60.6 Å². The Labute approximate surface area is 180 Å². The average molecular weight is 432 g/mol. The molecule has 0 saturated heterocycles. The van der Waals surface area contributed by atoms with Gasteiger partial charge in [-0.25, -0.2) is 0 Å². The number of amides is 2. The van der Waals surface area contributed by atoms with Gasteiger partial charge in [0.1, 0.15) is 0 Å². The Balaban J connectivity index is 1.85. The minimum atomic E-state index is -0.371. The van der Waals surface area contributed by atoms with Crippen molar-refractivity contribution >= 4 is 52.5 Å². The molecule has 0 radical (unpaired) electrons. The molecule has 6 nitrogen and oxygen atoms in total. The molecule has 2 aromatic carbocycles. The summed E-state index contributed by atoms with van der Waals surface area (Å²) in [6.45, 7) is 1.11. The van der Waals surface area contributed by atoms with Crippen LogP contribution < -0.4 is 16.0 Å². The lowest BCUT2D eigenvalue weighted by atomic mass is 10.2. The molecule has 0 bridgehead atoms. The first-order valence-electron chi connectivity index (χ1n) is 8.91. The van der Waals surface area contributed by atoms with Crippen LogP contribution in [0, 0.1) is 0 Å². The number of thiocarbonyl (C=S) groups is 1. The fourth-order valence-corrected chi connectivity index (χ4v) is 2.66. The van der Waals surface area contributed by atoms with E-state index < -0.39 is 0 Å². The van der Waals surface area contributed by atoms with E-state index in [4.69, 9.17) is 28.6 Å². The van der Waals surface area contributed by atoms with E-state index in [1.807, 2.05) is 0 Å². The molecule has 0 spiro atoms. The summed E-state index contributed by atoms with van der Waals surface area (Å²) in [5, 5.41) is 9.04. The van der Waals surface area contributed by atoms with Crippen molar-refractivity contribution in [1.82, 2.24) is 10.6 Å². The quantitative estimate of drug-likeness (QED) is 0.338. The zero-order valence-electron chi connectivity index (χ0n) is 15.9. The first-order chi connectivity index (χ1) is 14.0. The predicted molar refractivity (Wildman–Crippen MR) is 120 cm³/mol. The van der Waals surface area contributed by atoms with Gasteiger partial charge < -0.3 is 15.4 Å². The number of hydrogen-bond donors (Lipinski definition) is 3. The van der Waals surface area contributed by atoms with Crippen molar-refractivity contribution in [3.8, 4) is 0 Å². The van der Waals surface area contributed by atoms with Crippen molar-refractivity contribution < 1.29 is 14.3 Å². The summed E-state index contributed by atoms with van der Waals surface area (Å²) in [6.07, 6.45) is 3.77. The van der Waals surface area contributed by atoms with E-state index in [0.29, 0.717) is 29.4 Å². The van der Waals surface area contributed by atoms with Crippen LogP contribution in [0.4, 0.5) is 5.69 Å². The maximum Gasteiger partial charge on any atom is 0.251 e. The minimum Gasteiger partial charge on any atom is -0.385 e. The molecule has 0 aliphatic rings. The molecule has 8 heteroatoms. The van der Waals surface area contributed by atoms with Crippen molar-refractivity contribution in [2.45, 2.75) is 6.42 Å². The summed E-state index contributed by atoms with van der Waals surface area (Å²) < 4.78 is 4.95. The van der Waals surface area contributed by atoms with Gasteiger partial charge in [0.15, 0.2) is 5.11 Å². The number of rotatable bonds is 8. The van der Waals surface area contributed by atoms with Crippen LogP contribution in [0.2, 0.25) is 5.02 Å². The Kier molecular flexibility index (Phi) is 9.30. The van der Waals surface area contributed by atoms with Crippen molar-refractivity contribution in [3.63, 3.8) is 0 Å². The monoisotopic (exact) mass is 431 g/mol. The highest BCUT2D eigenvalue weighted by Crippen LogP contribution is 2.11. The van der Waals surface area contributed by atoms with Crippen LogP contribution in [0.1, 0.15) is 22.3 Å². The largest absolute Gasteiger partial charge is 0.385 e. The summed E-state index contributed by atoms with van der Waals surface area (Å²) in [6, 6.07) is 13.9. The fraction of sp³-hybridized carbons (Fsp3) is 0.190. The summed E-state index contributed by atoms with van der Waals surface area (Å²) >= 11 is 11.0. The Morgan fingerprint density at radius 1 is 1.17 bits per heavy atom. The van der Waals surface area contributed by atoms with Crippen LogP contribution in [0.25, 0.3) is 6.08 Å². The van der Waals surface area contributed by atoms with E-state index in [1.54, 1.807) is 61.7 Å². The maximum absolute atomic E-state index is 12.2. The number of anilines is 1. The first-order valence-corrected chi connectivity index (χ1v) is 9.69. The van der Waals surface area contributed by atoms with E-state index in [2.05, 4.69) is 16.0 Å². The second-order valence-corrected chi connectivity index (χ2v) is 6.86. The third-order valence-electron chi connectivity index (χ3n) is 3.73. The van der Waals surface area contributed by atoms with Crippen molar-refractivity contribution in [2.75, 3.05) is 25.6 Å². The highest BCUT2D eigenvalue weighted by Gasteiger charge is 2.07. The lowest BCUT2D eigenvalue weighted by Crippen LogP contribution is -2.33. The second-order valence-electron chi connectivity index (χ2n) is 6.01. The normalized spacial score (nSPS) is 10.6. The molecule has 0 atom stereocenters. The Bertz CT molecular complexity index is 885. The molecule has 2 aromatic rings. The Morgan fingerprint density at radius 2 is 1.93 bits per heavy atom. The maximum atomic E-state index is 12.2. The topological polar surface area (TPSA) is 79.5 Å². The smallest absolute Gasteiger partial charge is 0.251 e. The highest BCUT2D eigenvalue weighted by atomic mass is 35.5. The number of carbonyl (C=O) groups excluding carboxylic acids is 2. The molecule has 0 saturated carbocycles. The molecular weight excluding hydrogens is 410 g/mol. The molecule has 0 fully saturated rings. The number of nitrogens with one attached hydrogen (secondary N) is 3. The third-order valence-corrected chi connectivity index (χ3v) is 4.18. The molecule has 2 rings (SSSR count). The van der Waals surface area contributed by atoms with Gasteiger partial charge >= 0.3 is 0 Å². The lowest BCUT2D eigenvalue weighted by molar-refractivity contribution is -0.115. The average Bonchev–Trinajstić information content (AvgIpc) is 2.70. The predicted octanol–water partition coefficient (Wildman–Crippen LogP) is 3.63. The van der Waals surface area contributed by atoms with E-state index in [0.717, 1.165) is 12.0 Å². The number of carbonyl (C=O) groups is 2. The molecule has 0 aliphatic heterocycles. The zero-order valence-corrected chi connectivity index (χ0v) is 17.5. The summed E-state index contributed by atoms with van der Waals surface area (Å²) in [7, 11) is 1.62. The number of methoxy groups -OCH3 is 1. The standard InChI is InChI=1S/C21H22ClN3O3S/c1-28-13-3-12-23-20(27)16-4-2-5-18(14-16)24-21(29)25-19(26)11-8-15-6-9-17(22)10-7-15/h2,4-11,14H,3,12-13H2,1H3,(H,23,27)(H2,24,25,26,29)/b11-8+. The molecule has 29 heavy (non-hydrogen) atoms. The van der Waals surface area contributed by atoms with Gasteiger partial charge in [-0.1, -0.05) is 29.8 Å². The number of halogens is 1. The van der Waals surface area contributed by atoms with Gasteiger partial charge in [0.25, 0.3) is 5.91 Å². The summed E-state index contributed by atoms with van der Waals surface area (Å²) in [5.74, 6) is -0.560. The SMILES string of the molecule is COCCCNC(=O)c1cccc(NC(=S)NC(=O)/C=C/c2ccc(Cl)cc2)c1. The van der Waals surface area contributed by atoms with Gasteiger partial charge in [-0.3, -0.25) is 14.9 Å². The minimum absolute atomic E-state index is 0.133. The van der Waals surface area contributed by atoms with E-state index in [-0.39, 0.29) is 16.9 Å². The molecule has 2 amide bonds. The Hall–Kier alpha value is -2.74. The fourth-order valence-electron chi connectivity index (χ4n) is 2.32. The molecule has 0 aromatic heterocycles. The molecular formula is C21H22ClN3O3S. The first kappa shape index (κ1) is 22.5. The Morgan fingerprint density at radius 3 is 2.66 bits per heavy atom. The number of hydrogen-bond acceptors (Lipinski definition) is 4. The molecule has 0 heterocycles. The van der Waals surface area contributed by atoms with Crippen LogP contribution in [0.15, 0.2) is 54.6 Å². The van der Waals surface area contributed by atoms with E-state index in [1.165, 1.54) is 6.08 Å². The van der Waals surface area contributed by atoms with Crippen molar-refractivity contribution in [1.29, 1.82) is 0 Å². The van der Waals surface area contributed by atoms with Crippen molar-refractivity contribution in [3.05, 3.63) is 70.8 Å². The van der Waals surface area contributed by atoms with Crippen LogP contribution in [-0.4, -0.2) is 37.2 Å². The van der Waals surface area contributed by atoms with E-state index >= 15 is 0 Å². The molecule has 152 valence electrons. The third kappa shape index (κ3) is 8.43. The van der Waals surface area contributed by atoms with Gasteiger partial charge in [-0.15, -0.1) is 0 Å². The van der Waals surface area contributed by atoms with Gasteiger partial charge in [0.05, 0.1) is 0 Å². The van der Waals surface area contributed by atoms with Gasteiger partial charge in [0, 0.05) is 42.6 Å². The summed E-state index contributed by atoms with van der Waals surface area (Å²) in [4.78, 5) is 24.2. The lowest BCUT2D eigenvalue weighted by Gasteiger charge is -2.10. The number of ether oxygens (including phenoxy) is 1. The van der Waals surface area contributed by atoms with Crippen LogP contribution in [-0.2, 0) is 9.53 Å². The zero-order chi connectivity index (χ0) is 21.1. The van der Waals surface area contributed by atoms with E-state index in [9.17, 15) is 9.59 Å². The van der Waals surface area contributed by atoms with Crippen LogP contribution in [0.3, 0.4) is 0 Å². The van der Waals surface area contributed by atoms with Crippen LogP contribution in [0.5, 0.6) is 0 Å². The van der Waals surface area contributed by atoms with Gasteiger partial charge in [0.2, 0.25) is 5.91 Å². The molecule has 0 aliphatic carbocycles. The highest BCUT2D eigenvalue weighted by molar-refractivity contribution is 7.80. The number of benzene rings is 2.